The van der Waals surface area contributed by atoms with Crippen molar-refractivity contribution in [2.75, 3.05) is 41.8 Å². The molecule has 2 aromatic carbocycles. The van der Waals surface area contributed by atoms with Crippen LogP contribution in [-0.4, -0.2) is 42.2 Å². The van der Waals surface area contributed by atoms with Crippen molar-refractivity contribution in [2.24, 2.45) is 0 Å². The summed E-state index contributed by atoms with van der Waals surface area (Å²) in [5.74, 6) is 1.59. The van der Waals surface area contributed by atoms with Gasteiger partial charge in [-0.2, -0.15) is 4.98 Å². The van der Waals surface area contributed by atoms with Crippen molar-refractivity contribution in [3.8, 4) is 0 Å². The van der Waals surface area contributed by atoms with Crippen LogP contribution in [0, 0.1) is 6.92 Å². The Morgan fingerprint density at radius 1 is 0.914 bits per heavy atom. The monoisotopic (exact) mass is 471 g/mol. The normalized spacial score (nSPS) is 17.6. The van der Waals surface area contributed by atoms with Crippen LogP contribution in [0.25, 0.3) is 0 Å². The molecule has 1 aromatic heterocycles. The van der Waals surface area contributed by atoms with E-state index in [-0.39, 0.29) is 5.91 Å². The molecule has 0 radical (unpaired) electrons. The summed E-state index contributed by atoms with van der Waals surface area (Å²) in [6.07, 6.45) is 5.00. The summed E-state index contributed by atoms with van der Waals surface area (Å²) in [5.41, 5.74) is 3.10. The van der Waals surface area contributed by atoms with Gasteiger partial charge in [0.15, 0.2) is 0 Å². The van der Waals surface area contributed by atoms with Gasteiger partial charge in [-0.1, -0.05) is 30.3 Å². The van der Waals surface area contributed by atoms with Crippen LogP contribution in [0.2, 0.25) is 0 Å². The number of nitrogens with one attached hydrogen (secondary N) is 2. The minimum absolute atomic E-state index is 0.0188. The van der Waals surface area contributed by atoms with E-state index in [1.165, 1.54) is 19.3 Å². The number of aryl methyl sites for hydroxylation is 1. The molecular weight excluding hydrogens is 438 g/mol. The van der Waals surface area contributed by atoms with Crippen molar-refractivity contribution in [1.29, 1.82) is 0 Å². The van der Waals surface area contributed by atoms with Gasteiger partial charge in [0.2, 0.25) is 11.9 Å². The van der Waals surface area contributed by atoms with Gasteiger partial charge in [-0.25, -0.2) is 4.98 Å². The van der Waals surface area contributed by atoms with E-state index >= 15 is 0 Å². The van der Waals surface area contributed by atoms with Crippen molar-refractivity contribution in [1.82, 2.24) is 9.97 Å². The summed E-state index contributed by atoms with van der Waals surface area (Å²) in [6.45, 7) is 5.19. The van der Waals surface area contributed by atoms with Gasteiger partial charge in [0.1, 0.15) is 5.82 Å². The van der Waals surface area contributed by atoms with Crippen LogP contribution >= 0.6 is 0 Å². The number of nitrogens with zero attached hydrogens (tertiary/aromatic N) is 3. The molecule has 2 saturated heterocycles. The van der Waals surface area contributed by atoms with Gasteiger partial charge in [-0.3, -0.25) is 4.79 Å². The lowest BCUT2D eigenvalue weighted by atomic mass is 9.73. The molecule has 2 fully saturated rings. The topological polar surface area (TPSA) is 79.4 Å². The number of ether oxygens (including phenoxy) is 1. The van der Waals surface area contributed by atoms with Crippen LogP contribution in [0.3, 0.4) is 0 Å². The molecule has 0 spiro atoms. The Kier molecular flexibility index (Phi) is 6.95. The number of amides is 1. The van der Waals surface area contributed by atoms with Gasteiger partial charge >= 0.3 is 0 Å². The minimum atomic E-state index is -0.570. The molecule has 0 saturated carbocycles. The Morgan fingerprint density at radius 2 is 1.60 bits per heavy atom. The number of hydrogen-bond acceptors (Lipinski definition) is 6. The molecule has 0 unspecified atom stereocenters. The largest absolute Gasteiger partial charge is 0.381 e. The zero-order valence-corrected chi connectivity index (χ0v) is 20.3. The lowest BCUT2D eigenvalue weighted by Crippen LogP contribution is -2.44. The zero-order valence-electron chi connectivity index (χ0n) is 20.3. The maximum atomic E-state index is 13.5. The van der Waals surface area contributed by atoms with Crippen LogP contribution in [0.4, 0.5) is 23.1 Å². The number of hydrogen-bond donors (Lipinski definition) is 2. The van der Waals surface area contributed by atoms with Gasteiger partial charge < -0.3 is 20.3 Å². The van der Waals surface area contributed by atoms with Crippen molar-refractivity contribution in [2.45, 2.75) is 44.4 Å². The van der Waals surface area contributed by atoms with Gasteiger partial charge in [-0.05, 0) is 68.9 Å². The van der Waals surface area contributed by atoms with E-state index < -0.39 is 5.41 Å². The SMILES string of the molecule is Cc1cc(Nc2ccc(NC(=O)C3(c4ccccc4)CCOCC3)cc2)nc(N2CCCCC2)n1. The average molecular weight is 472 g/mol. The average Bonchev–Trinajstić information content (AvgIpc) is 2.91. The number of anilines is 4. The highest BCUT2D eigenvalue weighted by Gasteiger charge is 2.41. The lowest BCUT2D eigenvalue weighted by Gasteiger charge is -2.36. The van der Waals surface area contributed by atoms with E-state index in [1.807, 2.05) is 67.6 Å². The fourth-order valence-electron chi connectivity index (χ4n) is 5.01. The maximum Gasteiger partial charge on any atom is 0.235 e. The fourth-order valence-corrected chi connectivity index (χ4v) is 5.01. The first-order chi connectivity index (χ1) is 17.1. The molecule has 182 valence electrons. The van der Waals surface area contributed by atoms with E-state index in [0.717, 1.165) is 47.5 Å². The Balaban J connectivity index is 1.29. The summed E-state index contributed by atoms with van der Waals surface area (Å²) in [5, 5.41) is 6.54. The summed E-state index contributed by atoms with van der Waals surface area (Å²) >= 11 is 0. The first kappa shape index (κ1) is 23.3. The van der Waals surface area contributed by atoms with Crippen molar-refractivity contribution in [3.05, 3.63) is 71.9 Å². The third-order valence-corrected chi connectivity index (χ3v) is 7.00. The Bertz CT molecular complexity index is 1140. The third-order valence-electron chi connectivity index (χ3n) is 7.00. The predicted molar refractivity (Wildman–Crippen MR) is 139 cm³/mol. The zero-order chi connectivity index (χ0) is 24.1. The Labute approximate surface area is 206 Å². The van der Waals surface area contributed by atoms with E-state index in [2.05, 4.69) is 20.5 Å². The standard InChI is InChI=1S/C28H33N5O2/c1-21-20-25(32-27(29-21)33-16-6-3-7-17-33)30-23-10-12-24(13-11-23)31-26(34)28(14-18-35-19-15-28)22-8-4-2-5-9-22/h2,4-5,8-13,20H,3,6-7,14-19H2,1H3,(H,31,34)(H,29,30,32). The number of aromatic nitrogens is 2. The Morgan fingerprint density at radius 3 is 2.31 bits per heavy atom. The molecule has 2 aliphatic heterocycles. The second kappa shape index (κ2) is 10.4. The van der Waals surface area contributed by atoms with Crippen molar-refractivity contribution >= 4 is 29.0 Å². The van der Waals surface area contributed by atoms with Gasteiger partial charge in [-0.15, -0.1) is 0 Å². The van der Waals surface area contributed by atoms with E-state index in [1.54, 1.807) is 0 Å². The van der Waals surface area contributed by atoms with Crippen LogP contribution in [0.5, 0.6) is 0 Å². The van der Waals surface area contributed by atoms with Crippen LogP contribution < -0.4 is 15.5 Å². The molecule has 5 rings (SSSR count). The highest BCUT2D eigenvalue weighted by molar-refractivity contribution is 5.99. The van der Waals surface area contributed by atoms with Gasteiger partial charge in [0.25, 0.3) is 0 Å². The van der Waals surface area contributed by atoms with Crippen molar-refractivity contribution < 1.29 is 9.53 Å². The number of piperidine rings is 1. The molecule has 7 nitrogen and oxygen atoms in total. The van der Waals surface area contributed by atoms with E-state index in [0.29, 0.717) is 26.1 Å². The summed E-state index contributed by atoms with van der Waals surface area (Å²) in [4.78, 5) is 25.1. The first-order valence-corrected chi connectivity index (χ1v) is 12.5. The molecule has 3 heterocycles. The molecular formula is C28H33N5O2. The molecule has 0 aliphatic carbocycles. The van der Waals surface area contributed by atoms with Crippen LogP contribution in [-0.2, 0) is 14.9 Å². The van der Waals surface area contributed by atoms with Crippen molar-refractivity contribution in [3.63, 3.8) is 0 Å². The summed E-state index contributed by atoms with van der Waals surface area (Å²) < 4.78 is 5.57. The molecule has 0 bridgehead atoms. The second-order valence-corrected chi connectivity index (χ2v) is 9.46. The summed E-state index contributed by atoms with van der Waals surface area (Å²) in [6, 6.07) is 19.8. The fraction of sp³-hybridized carbons (Fsp3) is 0.393. The van der Waals surface area contributed by atoms with Crippen LogP contribution in [0.15, 0.2) is 60.7 Å². The van der Waals surface area contributed by atoms with Gasteiger partial charge in [0.05, 0.1) is 5.41 Å². The lowest BCUT2D eigenvalue weighted by molar-refractivity contribution is -0.125. The molecule has 35 heavy (non-hydrogen) atoms. The van der Waals surface area contributed by atoms with E-state index in [4.69, 9.17) is 9.72 Å². The number of carbonyl (C=O) groups excluding carboxylic acids is 1. The quantitative estimate of drug-likeness (QED) is 0.514. The smallest absolute Gasteiger partial charge is 0.235 e. The molecule has 3 aromatic rings. The first-order valence-electron chi connectivity index (χ1n) is 12.5. The van der Waals surface area contributed by atoms with Gasteiger partial charge in [0, 0.05) is 49.4 Å². The summed E-state index contributed by atoms with van der Waals surface area (Å²) in [7, 11) is 0. The second-order valence-electron chi connectivity index (χ2n) is 9.46. The predicted octanol–water partition coefficient (Wildman–Crippen LogP) is 5.21. The molecule has 0 atom stereocenters. The number of rotatable bonds is 6. The number of carbonyl (C=O) groups is 1. The molecule has 2 N–H and O–H groups in total. The maximum absolute atomic E-state index is 13.5. The molecule has 7 heteroatoms. The third kappa shape index (κ3) is 5.30. The highest BCUT2D eigenvalue weighted by atomic mass is 16.5. The molecule has 1 amide bonds. The molecule has 2 aliphatic rings. The van der Waals surface area contributed by atoms with Crippen LogP contribution in [0.1, 0.15) is 43.4 Å². The number of benzene rings is 2. The van der Waals surface area contributed by atoms with E-state index in [9.17, 15) is 4.79 Å². The minimum Gasteiger partial charge on any atom is -0.381 e. The Hall–Kier alpha value is -3.45. The highest BCUT2D eigenvalue weighted by Crippen LogP contribution is 2.36.